The van der Waals surface area contributed by atoms with Crippen LogP contribution in [0.4, 0.5) is 0 Å². The lowest BCUT2D eigenvalue weighted by molar-refractivity contribution is -0.134. The Morgan fingerprint density at radius 3 is 2.00 bits per heavy atom. The minimum absolute atomic E-state index is 0.0908. The number of carbonyl (C=O) groups excluding carboxylic acids is 6. The second-order valence-electron chi connectivity index (χ2n) is 7.22. The van der Waals surface area contributed by atoms with E-state index in [0.717, 1.165) is 0 Å². The normalized spacial score (nSPS) is 14.5. The number of nitrogens with one attached hydrogen (secondary N) is 4. The van der Waals surface area contributed by atoms with Gasteiger partial charge in [-0.25, -0.2) is 0 Å². The Hall–Kier alpha value is -3.06. The Morgan fingerprint density at radius 1 is 0.935 bits per heavy atom. The number of amides is 5. The molecule has 0 fully saturated rings. The van der Waals surface area contributed by atoms with Gasteiger partial charge in [-0.2, -0.15) is 0 Å². The molecule has 0 bridgehead atoms. The summed E-state index contributed by atoms with van der Waals surface area (Å²) in [5, 5.41) is 18.5. The zero-order valence-electron chi connectivity index (χ0n) is 17.8. The molecule has 0 aliphatic rings. The number of hydrogen-bond donors (Lipinski definition) is 7. The maximum absolute atomic E-state index is 12.5. The van der Waals surface area contributed by atoms with Crippen LogP contribution in [0.25, 0.3) is 0 Å². The predicted molar refractivity (Wildman–Crippen MR) is 109 cm³/mol. The molecule has 31 heavy (non-hydrogen) atoms. The number of aldehydes is 1. The first-order chi connectivity index (χ1) is 14.5. The second-order valence-corrected chi connectivity index (χ2v) is 7.22. The van der Waals surface area contributed by atoms with Crippen LogP contribution in [0.2, 0.25) is 0 Å². The van der Waals surface area contributed by atoms with Crippen molar-refractivity contribution in [1.82, 2.24) is 21.3 Å². The molecule has 4 atom stereocenters. The SMILES string of the molecule is CC(C)[C@H](NC(=O)[C@H](C)NC(=O)[C@H](CCC(N)=O)NC(=O)CN)C(=O)N[C@H](C=O)CO. The number of nitrogens with two attached hydrogens (primary N) is 2. The molecule has 0 aliphatic heterocycles. The van der Waals surface area contributed by atoms with Crippen LogP contribution < -0.4 is 32.7 Å². The second kappa shape index (κ2) is 14.0. The van der Waals surface area contributed by atoms with Gasteiger partial charge in [0.2, 0.25) is 29.5 Å². The van der Waals surface area contributed by atoms with Crippen molar-refractivity contribution in [2.24, 2.45) is 17.4 Å². The highest BCUT2D eigenvalue weighted by Gasteiger charge is 2.29. The molecule has 13 nitrogen and oxygen atoms in total. The van der Waals surface area contributed by atoms with Gasteiger partial charge in [-0.3, -0.25) is 24.0 Å². The number of aliphatic hydroxyl groups is 1. The van der Waals surface area contributed by atoms with Gasteiger partial charge in [0.1, 0.15) is 30.5 Å². The molecule has 0 aromatic rings. The zero-order valence-corrected chi connectivity index (χ0v) is 17.8. The Morgan fingerprint density at radius 2 is 1.55 bits per heavy atom. The smallest absolute Gasteiger partial charge is 0.243 e. The van der Waals surface area contributed by atoms with E-state index >= 15 is 0 Å². The maximum Gasteiger partial charge on any atom is 0.243 e. The van der Waals surface area contributed by atoms with E-state index in [1.807, 2.05) is 0 Å². The molecule has 0 spiro atoms. The van der Waals surface area contributed by atoms with Crippen LogP contribution in [0.15, 0.2) is 0 Å². The summed E-state index contributed by atoms with van der Waals surface area (Å²) < 4.78 is 0. The maximum atomic E-state index is 12.5. The minimum atomic E-state index is -1.14. The number of carbonyl (C=O) groups is 6. The van der Waals surface area contributed by atoms with E-state index in [4.69, 9.17) is 16.6 Å². The predicted octanol–water partition coefficient (Wildman–Crippen LogP) is -3.98. The van der Waals surface area contributed by atoms with Gasteiger partial charge in [-0.1, -0.05) is 13.8 Å². The molecular weight excluding hydrogens is 412 g/mol. The minimum Gasteiger partial charge on any atom is -0.394 e. The van der Waals surface area contributed by atoms with Crippen molar-refractivity contribution in [2.75, 3.05) is 13.2 Å². The van der Waals surface area contributed by atoms with Crippen molar-refractivity contribution < 1.29 is 33.9 Å². The molecule has 0 aromatic carbocycles. The van der Waals surface area contributed by atoms with Crippen molar-refractivity contribution >= 4 is 35.8 Å². The van der Waals surface area contributed by atoms with E-state index < -0.39 is 60.3 Å². The number of primary amides is 1. The lowest BCUT2D eigenvalue weighted by Crippen LogP contribution is -2.58. The summed E-state index contributed by atoms with van der Waals surface area (Å²) in [4.78, 5) is 70.6. The fourth-order valence-corrected chi connectivity index (χ4v) is 2.40. The molecule has 13 heteroatoms. The summed E-state index contributed by atoms with van der Waals surface area (Å²) in [5.41, 5.74) is 10.3. The molecule has 0 aromatic heterocycles. The Balaban J connectivity index is 5.12. The Bertz CT molecular complexity index is 670. The molecular formula is C18H32N6O7. The molecule has 9 N–H and O–H groups in total. The van der Waals surface area contributed by atoms with Crippen molar-refractivity contribution in [1.29, 1.82) is 0 Å². The molecule has 176 valence electrons. The van der Waals surface area contributed by atoms with Crippen LogP contribution >= 0.6 is 0 Å². The first kappa shape index (κ1) is 27.9. The largest absolute Gasteiger partial charge is 0.394 e. The number of aliphatic hydroxyl groups excluding tert-OH is 1. The van der Waals surface area contributed by atoms with E-state index in [1.165, 1.54) is 6.92 Å². The van der Waals surface area contributed by atoms with Crippen LogP contribution in [-0.2, 0) is 28.8 Å². The van der Waals surface area contributed by atoms with Crippen molar-refractivity contribution in [3.05, 3.63) is 0 Å². The third-order valence-corrected chi connectivity index (χ3v) is 4.20. The van der Waals surface area contributed by atoms with Gasteiger partial charge >= 0.3 is 0 Å². The van der Waals surface area contributed by atoms with Gasteiger partial charge in [0.15, 0.2) is 0 Å². The summed E-state index contributed by atoms with van der Waals surface area (Å²) >= 11 is 0. The lowest BCUT2D eigenvalue weighted by atomic mass is 10.0. The highest BCUT2D eigenvalue weighted by Crippen LogP contribution is 2.04. The summed E-state index contributed by atoms with van der Waals surface area (Å²) in [6.07, 6.45) is 0.0934. The first-order valence-corrected chi connectivity index (χ1v) is 9.71. The van der Waals surface area contributed by atoms with Crippen LogP contribution in [0, 0.1) is 5.92 Å². The number of hydrogen-bond acceptors (Lipinski definition) is 8. The van der Waals surface area contributed by atoms with E-state index in [-0.39, 0.29) is 25.3 Å². The standard InChI is InChI=1S/C18H32N6O7/c1-9(2)15(18(31)22-11(7-25)8-26)24-16(29)10(3)21-17(30)12(4-5-13(20)27)23-14(28)6-19/h7,9-12,15,26H,4-6,8,19H2,1-3H3,(H2,20,27)(H,21,30)(H,22,31)(H,23,28)(H,24,29)/t10-,11+,12-,15-/m0/s1. The topological polar surface area (TPSA) is 223 Å². The Kier molecular flexibility index (Phi) is 12.6. The van der Waals surface area contributed by atoms with Crippen LogP contribution in [0.1, 0.15) is 33.6 Å². The first-order valence-electron chi connectivity index (χ1n) is 9.71. The highest BCUT2D eigenvalue weighted by molar-refractivity contribution is 5.94. The van der Waals surface area contributed by atoms with Gasteiger partial charge < -0.3 is 42.6 Å². The molecule has 0 heterocycles. The molecule has 0 saturated carbocycles. The van der Waals surface area contributed by atoms with Crippen molar-refractivity contribution in [2.45, 2.75) is 57.8 Å². The molecule has 5 amide bonds. The highest BCUT2D eigenvalue weighted by atomic mass is 16.3. The van der Waals surface area contributed by atoms with Crippen LogP contribution in [-0.4, -0.2) is 78.2 Å². The summed E-state index contributed by atoms with van der Waals surface area (Å²) in [6, 6.07) is -4.39. The average molecular weight is 444 g/mol. The average Bonchev–Trinajstić information content (AvgIpc) is 2.71. The quantitative estimate of drug-likeness (QED) is 0.130. The monoisotopic (exact) mass is 444 g/mol. The molecule has 0 unspecified atom stereocenters. The Labute approximate surface area is 180 Å². The van der Waals surface area contributed by atoms with E-state index in [9.17, 15) is 28.8 Å². The van der Waals surface area contributed by atoms with Gasteiger partial charge in [-0.15, -0.1) is 0 Å². The molecule has 0 aliphatic carbocycles. The van der Waals surface area contributed by atoms with E-state index in [2.05, 4.69) is 21.3 Å². The summed E-state index contributed by atoms with van der Waals surface area (Å²) in [5.74, 6) is -3.79. The third-order valence-electron chi connectivity index (χ3n) is 4.20. The van der Waals surface area contributed by atoms with E-state index in [0.29, 0.717) is 6.29 Å². The molecule has 0 rings (SSSR count). The van der Waals surface area contributed by atoms with Crippen molar-refractivity contribution in [3.63, 3.8) is 0 Å². The van der Waals surface area contributed by atoms with Gasteiger partial charge in [0, 0.05) is 6.42 Å². The van der Waals surface area contributed by atoms with Gasteiger partial charge in [0.25, 0.3) is 0 Å². The zero-order chi connectivity index (χ0) is 24.1. The summed E-state index contributed by atoms with van der Waals surface area (Å²) in [6.45, 7) is 3.70. The molecule has 0 radical (unpaired) electrons. The van der Waals surface area contributed by atoms with Crippen LogP contribution in [0.5, 0.6) is 0 Å². The summed E-state index contributed by atoms with van der Waals surface area (Å²) in [7, 11) is 0. The van der Waals surface area contributed by atoms with Gasteiger partial charge in [-0.05, 0) is 19.3 Å². The lowest BCUT2D eigenvalue weighted by Gasteiger charge is -2.25. The van der Waals surface area contributed by atoms with Crippen molar-refractivity contribution in [3.8, 4) is 0 Å². The third kappa shape index (κ3) is 10.5. The van der Waals surface area contributed by atoms with E-state index in [1.54, 1.807) is 13.8 Å². The molecule has 0 saturated heterocycles. The fourth-order valence-electron chi connectivity index (χ4n) is 2.40. The van der Waals surface area contributed by atoms with Gasteiger partial charge in [0.05, 0.1) is 13.2 Å². The number of rotatable bonds is 14. The fraction of sp³-hybridized carbons (Fsp3) is 0.667. The van der Waals surface area contributed by atoms with Crippen LogP contribution in [0.3, 0.4) is 0 Å².